The van der Waals surface area contributed by atoms with Crippen LogP contribution in [0.4, 0.5) is 0 Å². The Morgan fingerprint density at radius 3 is 1.96 bits per heavy atom. The van der Waals surface area contributed by atoms with Crippen molar-refractivity contribution in [2.75, 3.05) is 85.6 Å². The van der Waals surface area contributed by atoms with Gasteiger partial charge in [-0.25, -0.2) is 0 Å². The van der Waals surface area contributed by atoms with Crippen molar-refractivity contribution in [2.45, 2.75) is 19.3 Å². The largest absolute Gasteiger partial charge is 0.355 e. The molecule has 0 radical (unpaired) electrons. The van der Waals surface area contributed by atoms with Gasteiger partial charge in [-0.1, -0.05) is 0 Å². The zero-order valence-corrected chi connectivity index (χ0v) is 16.7. The van der Waals surface area contributed by atoms with Crippen LogP contribution < -0.4 is 0 Å². The Morgan fingerprint density at radius 1 is 0.741 bits per heavy atom. The van der Waals surface area contributed by atoms with Gasteiger partial charge in [-0.05, 0) is 45.9 Å². The fraction of sp³-hybridized carbons (Fsp3) is 0.800. The van der Waals surface area contributed by atoms with Crippen molar-refractivity contribution in [3.05, 3.63) is 11.4 Å². The summed E-state index contributed by atoms with van der Waals surface area (Å²) < 4.78 is 0. The minimum absolute atomic E-state index is 0.270. The lowest BCUT2D eigenvalue weighted by Gasteiger charge is -2.34. The van der Waals surface area contributed by atoms with E-state index in [1.54, 1.807) is 0 Å². The van der Waals surface area contributed by atoms with Gasteiger partial charge in [-0.2, -0.15) is 10.5 Å². The number of hydrogen-bond donors (Lipinski definition) is 0. The molecule has 0 spiro atoms. The maximum absolute atomic E-state index is 9.46. The number of rotatable bonds is 7. The summed E-state index contributed by atoms with van der Waals surface area (Å²) in [6.45, 7) is 12.7. The average Bonchev–Trinajstić information content (AvgIpc) is 3.33. The van der Waals surface area contributed by atoms with Crippen LogP contribution in [0.1, 0.15) is 19.3 Å². The van der Waals surface area contributed by atoms with Crippen LogP contribution in [0.25, 0.3) is 0 Å². The molecule has 0 aromatic heterocycles. The Bertz CT molecular complexity index is 572. The van der Waals surface area contributed by atoms with E-state index in [0.29, 0.717) is 0 Å². The standard InChI is InChI=1S/C20H33N7/c1-23-9-11-25(12-10-23)13-14-27-16-15-26(20(27)19(17-21)18-22)8-4-7-24-5-2-3-6-24/h2-16H2,1H3. The molecule has 7 nitrogen and oxygen atoms in total. The van der Waals surface area contributed by atoms with E-state index in [9.17, 15) is 10.5 Å². The minimum Gasteiger partial charge on any atom is -0.355 e. The molecule has 7 heteroatoms. The Hall–Kier alpha value is -1.80. The second-order valence-corrected chi connectivity index (χ2v) is 7.94. The number of hydrogen-bond acceptors (Lipinski definition) is 7. The molecular formula is C20H33N7. The van der Waals surface area contributed by atoms with E-state index in [-0.39, 0.29) is 5.57 Å². The zero-order valence-electron chi connectivity index (χ0n) is 16.7. The van der Waals surface area contributed by atoms with Gasteiger partial charge in [0.15, 0.2) is 5.57 Å². The fourth-order valence-corrected chi connectivity index (χ4v) is 4.35. The van der Waals surface area contributed by atoms with Crippen molar-refractivity contribution in [3.8, 4) is 12.1 Å². The van der Waals surface area contributed by atoms with Crippen LogP contribution in [0.15, 0.2) is 11.4 Å². The molecule has 0 bridgehead atoms. The fourth-order valence-electron chi connectivity index (χ4n) is 4.35. The van der Waals surface area contributed by atoms with E-state index in [1.807, 2.05) is 0 Å². The van der Waals surface area contributed by atoms with Crippen LogP contribution in [0.5, 0.6) is 0 Å². The number of likely N-dealkylation sites (N-methyl/N-ethyl adjacent to an activating group) is 1. The first-order valence-corrected chi connectivity index (χ1v) is 10.4. The smallest absolute Gasteiger partial charge is 0.169 e. The van der Waals surface area contributed by atoms with Crippen LogP contribution in [0.2, 0.25) is 0 Å². The maximum Gasteiger partial charge on any atom is 0.169 e. The molecular weight excluding hydrogens is 338 g/mol. The summed E-state index contributed by atoms with van der Waals surface area (Å²) in [5, 5.41) is 18.9. The predicted molar refractivity (Wildman–Crippen MR) is 106 cm³/mol. The van der Waals surface area contributed by atoms with Crippen molar-refractivity contribution in [2.24, 2.45) is 0 Å². The number of likely N-dealkylation sites (tertiary alicyclic amines) is 1. The van der Waals surface area contributed by atoms with E-state index in [2.05, 4.69) is 43.7 Å². The molecule has 3 rings (SSSR count). The maximum atomic E-state index is 9.46. The Labute approximate surface area is 164 Å². The highest BCUT2D eigenvalue weighted by Crippen LogP contribution is 2.22. The van der Waals surface area contributed by atoms with Crippen LogP contribution in [-0.2, 0) is 0 Å². The average molecular weight is 372 g/mol. The molecule has 3 saturated heterocycles. The lowest BCUT2D eigenvalue weighted by molar-refractivity contribution is 0.143. The Kier molecular flexibility index (Phi) is 7.34. The first kappa shape index (κ1) is 19.9. The molecule has 3 heterocycles. The van der Waals surface area contributed by atoms with Gasteiger partial charge >= 0.3 is 0 Å². The molecule has 0 aromatic carbocycles. The first-order chi connectivity index (χ1) is 13.2. The van der Waals surface area contributed by atoms with Gasteiger partial charge in [-0.15, -0.1) is 0 Å². The predicted octanol–water partition coefficient (Wildman–Crippen LogP) is 0.596. The van der Waals surface area contributed by atoms with Crippen molar-refractivity contribution in [1.82, 2.24) is 24.5 Å². The number of piperazine rings is 1. The molecule has 0 atom stereocenters. The Morgan fingerprint density at radius 2 is 1.33 bits per heavy atom. The summed E-state index contributed by atoms with van der Waals surface area (Å²) in [6.07, 6.45) is 3.74. The molecule has 3 aliphatic rings. The zero-order chi connectivity index (χ0) is 19.1. The first-order valence-electron chi connectivity index (χ1n) is 10.4. The van der Waals surface area contributed by atoms with Gasteiger partial charge in [0.1, 0.15) is 18.0 Å². The van der Waals surface area contributed by atoms with Crippen molar-refractivity contribution in [3.63, 3.8) is 0 Å². The van der Waals surface area contributed by atoms with E-state index >= 15 is 0 Å². The molecule has 0 aromatic rings. The lowest BCUT2D eigenvalue weighted by atomic mass is 10.2. The quantitative estimate of drug-likeness (QED) is 0.607. The van der Waals surface area contributed by atoms with Gasteiger partial charge in [-0.3, -0.25) is 4.90 Å². The molecule has 0 amide bonds. The lowest BCUT2D eigenvalue weighted by Crippen LogP contribution is -2.46. The SMILES string of the molecule is CN1CCN(CCN2CCN(CCCN3CCCC3)C2=C(C#N)C#N)CC1. The molecule has 0 N–H and O–H groups in total. The molecule has 3 fully saturated rings. The normalized spacial score (nSPS) is 22.3. The molecule has 3 aliphatic heterocycles. The number of nitriles is 2. The summed E-state index contributed by atoms with van der Waals surface area (Å²) in [6, 6.07) is 4.27. The molecule has 148 valence electrons. The van der Waals surface area contributed by atoms with E-state index < -0.39 is 0 Å². The van der Waals surface area contributed by atoms with Crippen molar-refractivity contribution in [1.29, 1.82) is 10.5 Å². The van der Waals surface area contributed by atoms with Crippen molar-refractivity contribution >= 4 is 0 Å². The summed E-state index contributed by atoms with van der Waals surface area (Å²) in [5.74, 6) is 0.871. The third-order valence-electron chi connectivity index (χ3n) is 6.07. The summed E-state index contributed by atoms with van der Waals surface area (Å²) >= 11 is 0. The molecule has 27 heavy (non-hydrogen) atoms. The molecule has 0 saturated carbocycles. The van der Waals surface area contributed by atoms with Crippen LogP contribution >= 0.6 is 0 Å². The van der Waals surface area contributed by atoms with Gasteiger partial charge < -0.3 is 19.6 Å². The highest BCUT2D eigenvalue weighted by molar-refractivity contribution is 5.40. The minimum atomic E-state index is 0.270. The highest BCUT2D eigenvalue weighted by Gasteiger charge is 2.28. The van der Waals surface area contributed by atoms with Gasteiger partial charge in [0, 0.05) is 58.9 Å². The molecule has 0 aliphatic carbocycles. The second-order valence-electron chi connectivity index (χ2n) is 7.94. The summed E-state index contributed by atoms with van der Waals surface area (Å²) in [7, 11) is 2.17. The monoisotopic (exact) mass is 371 g/mol. The van der Waals surface area contributed by atoms with Crippen LogP contribution in [-0.4, -0.2) is 110 Å². The second kappa shape index (κ2) is 9.94. The summed E-state index contributed by atoms with van der Waals surface area (Å²) in [5.41, 5.74) is 0.270. The van der Waals surface area contributed by atoms with E-state index in [0.717, 1.165) is 77.7 Å². The highest BCUT2D eigenvalue weighted by atomic mass is 15.4. The number of nitrogens with zero attached hydrogens (tertiary/aromatic N) is 7. The topological polar surface area (TPSA) is 63.8 Å². The van der Waals surface area contributed by atoms with Gasteiger partial charge in [0.25, 0.3) is 0 Å². The van der Waals surface area contributed by atoms with Crippen LogP contribution in [0, 0.1) is 22.7 Å². The molecule has 0 unspecified atom stereocenters. The van der Waals surface area contributed by atoms with Crippen LogP contribution in [0.3, 0.4) is 0 Å². The van der Waals surface area contributed by atoms with Crippen molar-refractivity contribution < 1.29 is 0 Å². The third-order valence-corrected chi connectivity index (χ3v) is 6.07. The van der Waals surface area contributed by atoms with E-state index in [1.165, 1.54) is 25.9 Å². The van der Waals surface area contributed by atoms with Gasteiger partial charge in [0.05, 0.1) is 0 Å². The van der Waals surface area contributed by atoms with Gasteiger partial charge in [0.2, 0.25) is 0 Å². The Balaban J connectivity index is 1.54. The summed E-state index contributed by atoms with van der Waals surface area (Å²) in [4.78, 5) is 11.9. The van der Waals surface area contributed by atoms with E-state index in [4.69, 9.17) is 0 Å². The third kappa shape index (κ3) is 5.35. The number of allylic oxidation sites excluding steroid dienone is 1.